The van der Waals surface area contributed by atoms with Crippen LogP contribution in [0.1, 0.15) is 24.0 Å². The number of rotatable bonds is 7. The second-order valence-corrected chi connectivity index (χ2v) is 7.77. The molecule has 8 nitrogen and oxygen atoms in total. The lowest BCUT2D eigenvalue weighted by Crippen LogP contribution is -2.25. The third kappa shape index (κ3) is 4.07. The van der Waals surface area contributed by atoms with Gasteiger partial charge in [0.25, 0.3) is 0 Å². The van der Waals surface area contributed by atoms with Crippen LogP contribution in [-0.4, -0.2) is 60.1 Å². The Morgan fingerprint density at radius 3 is 2.45 bits per heavy atom. The molecular weight excluding hydrogens is 396 g/mol. The highest BCUT2D eigenvalue weighted by molar-refractivity contribution is 5.69. The van der Waals surface area contributed by atoms with Crippen LogP contribution in [0.5, 0.6) is 11.6 Å². The maximum Gasteiger partial charge on any atom is 0.244 e. The summed E-state index contributed by atoms with van der Waals surface area (Å²) in [5, 5.41) is 0. The minimum absolute atomic E-state index is 0.221. The highest BCUT2D eigenvalue weighted by atomic mass is 16.7. The van der Waals surface area contributed by atoms with E-state index in [2.05, 4.69) is 14.9 Å². The van der Waals surface area contributed by atoms with Crippen molar-refractivity contribution in [2.24, 2.45) is 0 Å². The van der Waals surface area contributed by atoms with Crippen LogP contribution >= 0.6 is 0 Å². The van der Waals surface area contributed by atoms with Crippen LogP contribution < -0.4 is 19.7 Å². The lowest BCUT2D eigenvalue weighted by Gasteiger charge is -2.20. The molecule has 0 unspecified atom stereocenters. The monoisotopic (exact) mass is 424 g/mol. The minimum atomic E-state index is -0.221. The molecule has 0 N–H and O–H groups in total. The summed E-state index contributed by atoms with van der Waals surface area (Å²) in [7, 11) is 3.00. The molecule has 3 aliphatic rings. The molecule has 0 radical (unpaired) electrons. The van der Waals surface area contributed by atoms with Crippen molar-refractivity contribution in [3.8, 4) is 34.4 Å². The number of nitrogens with zero attached hydrogens (tertiary/aromatic N) is 4. The lowest BCUT2D eigenvalue weighted by atomic mass is 10.0. The summed E-state index contributed by atoms with van der Waals surface area (Å²) in [6.07, 6.45) is 4.00. The number of aryl methyl sites for hydroxylation is 2. The molecule has 8 heteroatoms. The van der Waals surface area contributed by atoms with Gasteiger partial charge in [-0.15, -0.1) is 4.73 Å². The van der Waals surface area contributed by atoms with Crippen molar-refractivity contribution in [3.63, 3.8) is 0 Å². The largest absolute Gasteiger partial charge is 0.492 e. The van der Waals surface area contributed by atoms with Crippen LogP contribution in [-0.2, 0) is 0 Å². The highest BCUT2D eigenvalue weighted by Crippen LogP contribution is 2.34. The van der Waals surface area contributed by atoms with Crippen molar-refractivity contribution in [1.82, 2.24) is 19.6 Å². The zero-order valence-electron chi connectivity index (χ0n) is 18.5. The van der Waals surface area contributed by atoms with Gasteiger partial charge in [-0.1, -0.05) is 0 Å². The predicted octanol–water partition coefficient (Wildman–Crippen LogP) is 2.57. The van der Waals surface area contributed by atoms with Gasteiger partial charge in [-0.3, -0.25) is 9.69 Å². The molecule has 4 rings (SSSR count). The third-order valence-electron chi connectivity index (χ3n) is 5.64. The van der Waals surface area contributed by atoms with E-state index in [0.717, 1.165) is 42.1 Å². The molecule has 3 heterocycles. The van der Waals surface area contributed by atoms with Crippen molar-refractivity contribution < 1.29 is 14.3 Å². The molecule has 1 aromatic rings. The Bertz CT molecular complexity index is 1080. The smallest absolute Gasteiger partial charge is 0.244 e. The number of benzene rings is 1. The van der Waals surface area contributed by atoms with Gasteiger partial charge in [0, 0.05) is 24.4 Å². The quantitative estimate of drug-likeness (QED) is 0.577. The van der Waals surface area contributed by atoms with E-state index in [1.54, 1.807) is 0 Å². The first-order valence-corrected chi connectivity index (χ1v) is 10.5. The SMILES string of the molecule is COc1c2c(=O)ccnc-2nc(-c2cc(C)c(OCCN3CCCC3)c(C)c2)n1OC. The number of hydrogen-bond donors (Lipinski definition) is 0. The van der Waals surface area contributed by atoms with Crippen LogP contribution in [0.2, 0.25) is 0 Å². The summed E-state index contributed by atoms with van der Waals surface area (Å²) in [6, 6.07) is 5.39. The fourth-order valence-electron chi connectivity index (χ4n) is 4.19. The molecule has 1 aromatic carbocycles. The number of fused-ring (bicyclic) bond motifs is 1. The summed E-state index contributed by atoms with van der Waals surface area (Å²) < 4.78 is 13.1. The summed E-state index contributed by atoms with van der Waals surface area (Å²) in [5.74, 6) is 1.97. The van der Waals surface area contributed by atoms with Crippen molar-refractivity contribution in [2.75, 3.05) is 40.5 Å². The van der Waals surface area contributed by atoms with E-state index in [4.69, 9.17) is 14.3 Å². The van der Waals surface area contributed by atoms with Gasteiger partial charge in [0.05, 0.1) is 7.11 Å². The Hall–Kier alpha value is -3.13. The van der Waals surface area contributed by atoms with E-state index in [9.17, 15) is 4.79 Å². The van der Waals surface area contributed by atoms with Crippen LogP contribution in [0.4, 0.5) is 0 Å². The average molecular weight is 425 g/mol. The molecule has 1 fully saturated rings. The van der Waals surface area contributed by atoms with Gasteiger partial charge in [0.1, 0.15) is 25.0 Å². The Kier molecular flexibility index (Phi) is 6.08. The van der Waals surface area contributed by atoms with Crippen LogP contribution in [0.15, 0.2) is 29.2 Å². The van der Waals surface area contributed by atoms with Gasteiger partial charge in [-0.25, -0.2) is 9.97 Å². The van der Waals surface area contributed by atoms with E-state index in [1.165, 1.54) is 44.1 Å². The van der Waals surface area contributed by atoms with Gasteiger partial charge in [-0.2, -0.15) is 0 Å². The number of methoxy groups -OCH3 is 1. The Labute approximate surface area is 181 Å². The molecule has 0 bridgehead atoms. The van der Waals surface area contributed by atoms with Gasteiger partial charge in [0.15, 0.2) is 17.1 Å². The fraction of sp³-hybridized carbons (Fsp3) is 0.435. The maximum absolute atomic E-state index is 12.4. The fourth-order valence-corrected chi connectivity index (χ4v) is 4.19. The second kappa shape index (κ2) is 8.93. The maximum atomic E-state index is 12.4. The standard InChI is InChI=1S/C23H28N4O4/c1-15-13-17(14-16(2)20(15)31-12-11-26-9-5-6-10-26)22-25-21-19(18(28)7-8-24-21)23(29-3)27(22)30-4/h7-8,13-14H,5-6,9-12H2,1-4H3. The second-order valence-electron chi connectivity index (χ2n) is 7.77. The van der Waals surface area contributed by atoms with Crippen molar-refractivity contribution in [1.29, 1.82) is 0 Å². The van der Waals surface area contributed by atoms with Crippen LogP contribution in [0, 0.1) is 13.8 Å². The summed E-state index contributed by atoms with van der Waals surface area (Å²) in [5.41, 5.74) is 2.89. The molecule has 0 amide bonds. The highest BCUT2D eigenvalue weighted by Gasteiger charge is 2.24. The summed E-state index contributed by atoms with van der Waals surface area (Å²) in [4.78, 5) is 29.2. The van der Waals surface area contributed by atoms with Crippen LogP contribution in [0.25, 0.3) is 22.8 Å². The lowest BCUT2D eigenvalue weighted by molar-refractivity contribution is 0.138. The Morgan fingerprint density at radius 1 is 1.10 bits per heavy atom. The molecule has 164 valence electrons. The van der Waals surface area contributed by atoms with E-state index in [-0.39, 0.29) is 16.9 Å². The average Bonchev–Trinajstić information content (AvgIpc) is 3.27. The third-order valence-corrected chi connectivity index (χ3v) is 5.64. The van der Waals surface area contributed by atoms with Gasteiger partial charge >= 0.3 is 0 Å². The summed E-state index contributed by atoms with van der Waals surface area (Å²) in [6.45, 7) is 7.96. The minimum Gasteiger partial charge on any atom is -0.492 e. The zero-order valence-corrected chi connectivity index (χ0v) is 18.5. The number of hydrogen-bond acceptors (Lipinski definition) is 7. The zero-order chi connectivity index (χ0) is 22.0. The van der Waals surface area contributed by atoms with E-state index in [0.29, 0.717) is 18.3 Å². The number of ether oxygens (including phenoxy) is 2. The first-order valence-electron chi connectivity index (χ1n) is 10.5. The topological polar surface area (TPSA) is 78.7 Å². The van der Waals surface area contributed by atoms with Gasteiger partial charge in [0.2, 0.25) is 5.88 Å². The molecule has 0 atom stereocenters. The number of likely N-dealkylation sites (tertiary alicyclic amines) is 1. The summed E-state index contributed by atoms with van der Waals surface area (Å²) >= 11 is 0. The number of pyridine rings is 1. The first kappa shape index (κ1) is 21.1. The van der Waals surface area contributed by atoms with E-state index in [1.807, 2.05) is 26.0 Å². The van der Waals surface area contributed by atoms with Crippen LogP contribution in [0.3, 0.4) is 0 Å². The molecule has 0 spiro atoms. The van der Waals surface area contributed by atoms with Gasteiger partial charge < -0.3 is 14.3 Å². The normalized spacial score (nSPS) is 14.2. The molecule has 3 aliphatic heterocycles. The Morgan fingerprint density at radius 2 is 1.81 bits per heavy atom. The van der Waals surface area contributed by atoms with E-state index >= 15 is 0 Å². The Balaban J connectivity index is 1.71. The molecule has 0 saturated carbocycles. The molecule has 0 aliphatic carbocycles. The molecule has 1 saturated heterocycles. The van der Waals surface area contributed by atoms with Crippen molar-refractivity contribution >= 4 is 0 Å². The van der Waals surface area contributed by atoms with Gasteiger partial charge in [-0.05, 0) is 63.0 Å². The van der Waals surface area contributed by atoms with Crippen molar-refractivity contribution in [2.45, 2.75) is 26.7 Å². The molecule has 0 aromatic heterocycles. The first-order chi connectivity index (χ1) is 15.0. The van der Waals surface area contributed by atoms with E-state index < -0.39 is 0 Å². The predicted molar refractivity (Wildman–Crippen MR) is 118 cm³/mol. The van der Waals surface area contributed by atoms with Crippen molar-refractivity contribution in [3.05, 3.63) is 45.7 Å². The number of aromatic nitrogens is 3. The molecule has 31 heavy (non-hydrogen) atoms. The molecular formula is C23H28N4O4.